The van der Waals surface area contributed by atoms with Gasteiger partial charge in [-0.05, 0) is 23.8 Å². The molecule has 0 aliphatic heterocycles. The molecule has 0 aromatic heterocycles. The zero-order valence-electron chi connectivity index (χ0n) is 9.19. The van der Waals surface area contributed by atoms with E-state index in [2.05, 4.69) is 25.6 Å². The fourth-order valence-corrected chi connectivity index (χ4v) is 2.90. The molecule has 2 rings (SSSR count). The molecular formula is C14H18O. The molecule has 0 unspecified atom stereocenters. The fourth-order valence-electron chi connectivity index (χ4n) is 2.90. The van der Waals surface area contributed by atoms with Crippen molar-refractivity contribution >= 4 is 0 Å². The van der Waals surface area contributed by atoms with Crippen molar-refractivity contribution in [2.24, 2.45) is 11.8 Å². The summed E-state index contributed by atoms with van der Waals surface area (Å²) < 4.78 is 0. The number of benzene rings is 1. The molecule has 0 heterocycles. The lowest BCUT2D eigenvalue weighted by molar-refractivity contribution is 0.240. The van der Waals surface area contributed by atoms with Gasteiger partial charge in [0.05, 0.1) is 6.61 Å². The second-order valence-corrected chi connectivity index (χ2v) is 4.48. The van der Waals surface area contributed by atoms with Crippen molar-refractivity contribution in [1.82, 2.24) is 0 Å². The summed E-state index contributed by atoms with van der Waals surface area (Å²) in [5.74, 6) is 1.12. The van der Waals surface area contributed by atoms with Crippen LogP contribution in [-0.2, 0) is 5.41 Å². The molecule has 1 saturated carbocycles. The lowest BCUT2D eigenvalue weighted by atomic mass is 9.92. The zero-order valence-corrected chi connectivity index (χ0v) is 9.19. The summed E-state index contributed by atoms with van der Waals surface area (Å²) in [5.41, 5.74) is 1.27. The minimum absolute atomic E-state index is 0.00451. The maximum atomic E-state index is 9.64. The van der Waals surface area contributed by atoms with Crippen LogP contribution in [0.2, 0.25) is 0 Å². The molecule has 1 fully saturated rings. The van der Waals surface area contributed by atoms with Crippen molar-refractivity contribution in [2.45, 2.75) is 18.8 Å². The van der Waals surface area contributed by atoms with Gasteiger partial charge >= 0.3 is 0 Å². The smallest absolute Gasteiger partial charge is 0.0533 e. The van der Waals surface area contributed by atoms with Gasteiger partial charge in [-0.15, -0.1) is 6.58 Å². The molecule has 1 N–H and O–H groups in total. The Morgan fingerprint density at radius 3 is 2.60 bits per heavy atom. The van der Waals surface area contributed by atoms with Crippen molar-refractivity contribution in [3.8, 4) is 0 Å². The number of hydrogen-bond donors (Lipinski definition) is 1. The average molecular weight is 202 g/mol. The predicted molar refractivity (Wildman–Crippen MR) is 62.7 cm³/mol. The van der Waals surface area contributed by atoms with E-state index in [-0.39, 0.29) is 12.0 Å². The van der Waals surface area contributed by atoms with Gasteiger partial charge in [0, 0.05) is 5.41 Å². The Morgan fingerprint density at radius 1 is 1.40 bits per heavy atom. The van der Waals surface area contributed by atoms with Crippen LogP contribution in [0.5, 0.6) is 0 Å². The minimum atomic E-state index is -0.00451. The number of allylic oxidation sites excluding steroid dienone is 1. The molecule has 1 aliphatic carbocycles. The predicted octanol–water partition coefficient (Wildman–Crippen LogP) is 2.76. The Balaban J connectivity index is 2.29. The van der Waals surface area contributed by atoms with E-state index in [9.17, 15) is 5.11 Å². The maximum Gasteiger partial charge on any atom is 0.0533 e. The van der Waals surface area contributed by atoms with E-state index >= 15 is 0 Å². The maximum absolute atomic E-state index is 9.64. The van der Waals surface area contributed by atoms with E-state index in [1.54, 1.807) is 0 Å². The van der Waals surface area contributed by atoms with E-state index in [0.717, 1.165) is 6.42 Å². The monoisotopic (exact) mass is 202 g/mol. The lowest BCUT2D eigenvalue weighted by Gasteiger charge is -2.15. The third-order valence-corrected chi connectivity index (χ3v) is 3.96. The summed E-state index contributed by atoms with van der Waals surface area (Å²) in [6.07, 6.45) is 2.96. The average Bonchev–Trinajstić information content (AvgIpc) is 2.86. The Morgan fingerprint density at radius 2 is 2.07 bits per heavy atom. The van der Waals surface area contributed by atoms with Gasteiger partial charge in [0.15, 0.2) is 0 Å². The molecule has 3 atom stereocenters. The summed E-state index contributed by atoms with van der Waals surface area (Å²) in [6, 6.07) is 10.3. The summed E-state index contributed by atoms with van der Waals surface area (Å²) in [5, 5.41) is 9.64. The highest BCUT2D eigenvalue weighted by Crippen LogP contribution is 2.61. The van der Waals surface area contributed by atoms with Crippen LogP contribution in [0.1, 0.15) is 18.9 Å². The Hall–Kier alpha value is -1.08. The number of hydrogen-bond acceptors (Lipinski definition) is 1. The molecule has 15 heavy (non-hydrogen) atoms. The third-order valence-electron chi connectivity index (χ3n) is 3.96. The van der Waals surface area contributed by atoms with Crippen molar-refractivity contribution in [1.29, 1.82) is 0 Å². The molecule has 0 saturated heterocycles. The molecule has 0 radical (unpaired) electrons. The van der Waals surface area contributed by atoms with Gasteiger partial charge in [0.2, 0.25) is 0 Å². The molecule has 1 nitrogen and oxygen atoms in total. The second kappa shape index (κ2) is 3.82. The van der Waals surface area contributed by atoms with E-state index in [4.69, 9.17) is 0 Å². The highest BCUT2D eigenvalue weighted by atomic mass is 16.3. The standard InChI is InChI=1S/C14H18O/c1-3-7-13-11(2)14(13,10-15)12-8-5-4-6-9-12/h3-6,8-9,11,13,15H,1,7,10H2,2H3/t11-,13+,14-/m1/s1. The van der Waals surface area contributed by atoms with Gasteiger partial charge in [0.25, 0.3) is 0 Å². The summed E-state index contributed by atoms with van der Waals surface area (Å²) in [4.78, 5) is 0. The Kier molecular flexibility index (Phi) is 2.66. The SMILES string of the molecule is C=CC[C@H]1[C@@H](C)[C@]1(CO)c1ccccc1. The molecule has 80 valence electrons. The highest BCUT2D eigenvalue weighted by molar-refractivity contribution is 5.36. The van der Waals surface area contributed by atoms with Gasteiger partial charge < -0.3 is 5.11 Å². The van der Waals surface area contributed by atoms with Crippen molar-refractivity contribution in [2.75, 3.05) is 6.61 Å². The fraction of sp³-hybridized carbons (Fsp3) is 0.429. The van der Waals surface area contributed by atoms with Crippen LogP contribution >= 0.6 is 0 Å². The van der Waals surface area contributed by atoms with Crippen molar-refractivity contribution in [3.63, 3.8) is 0 Å². The molecule has 1 aliphatic rings. The van der Waals surface area contributed by atoms with Gasteiger partial charge in [-0.2, -0.15) is 0 Å². The Labute approximate surface area is 91.4 Å². The second-order valence-electron chi connectivity index (χ2n) is 4.48. The van der Waals surface area contributed by atoms with Crippen LogP contribution in [0.25, 0.3) is 0 Å². The summed E-state index contributed by atoms with van der Waals surface area (Å²) in [6.45, 7) is 6.25. The van der Waals surface area contributed by atoms with E-state index in [1.165, 1.54) is 5.56 Å². The van der Waals surface area contributed by atoms with Gasteiger partial charge in [0.1, 0.15) is 0 Å². The lowest BCUT2D eigenvalue weighted by Crippen LogP contribution is -2.16. The van der Waals surface area contributed by atoms with Crippen LogP contribution in [0, 0.1) is 11.8 Å². The molecule has 1 aromatic carbocycles. The molecule has 0 amide bonds. The van der Waals surface area contributed by atoms with Crippen LogP contribution in [-0.4, -0.2) is 11.7 Å². The first-order chi connectivity index (χ1) is 7.27. The third kappa shape index (κ3) is 1.42. The normalized spacial score (nSPS) is 33.7. The first-order valence-electron chi connectivity index (χ1n) is 5.54. The summed E-state index contributed by atoms with van der Waals surface area (Å²) in [7, 11) is 0. The molecule has 1 aromatic rings. The topological polar surface area (TPSA) is 20.2 Å². The Bertz CT molecular complexity index is 344. The zero-order chi connectivity index (χ0) is 10.9. The largest absolute Gasteiger partial charge is 0.395 e. The quantitative estimate of drug-likeness (QED) is 0.744. The van der Waals surface area contributed by atoms with Crippen molar-refractivity contribution in [3.05, 3.63) is 48.6 Å². The van der Waals surface area contributed by atoms with Gasteiger partial charge in [-0.25, -0.2) is 0 Å². The first-order valence-corrected chi connectivity index (χ1v) is 5.54. The molecular weight excluding hydrogens is 184 g/mol. The summed E-state index contributed by atoms with van der Waals surface area (Å²) >= 11 is 0. The number of rotatable bonds is 4. The first kappa shape index (κ1) is 10.4. The minimum Gasteiger partial charge on any atom is -0.395 e. The van der Waals surface area contributed by atoms with Gasteiger partial charge in [-0.3, -0.25) is 0 Å². The molecule has 0 spiro atoms. The molecule has 0 bridgehead atoms. The van der Waals surface area contributed by atoms with Crippen LogP contribution in [0.4, 0.5) is 0 Å². The van der Waals surface area contributed by atoms with E-state index < -0.39 is 0 Å². The van der Waals surface area contributed by atoms with Crippen LogP contribution < -0.4 is 0 Å². The van der Waals surface area contributed by atoms with Gasteiger partial charge in [-0.1, -0.05) is 43.3 Å². The highest BCUT2D eigenvalue weighted by Gasteiger charge is 2.61. The number of aliphatic hydroxyl groups excluding tert-OH is 1. The molecule has 1 heteroatoms. The van der Waals surface area contributed by atoms with E-state index in [1.807, 2.05) is 24.3 Å². The van der Waals surface area contributed by atoms with Crippen molar-refractivity contribution < 1.29 is 5.11 Å². The van der Waals surface area contributed by atoms with Crippen LogP contribution in [0.3, 0.4) is 0 Å². The van der Waals surface area contributed by atoms with E-state index in [0.29, 0.717) is 11.8 Å². The number of aliphatic hydroxyl groups is 1. The van der Waals surface area contributed by atoms with Crippen LogP contribution in [0.15, 0.2) is 43.0 Å².